The van der Waals surface area contributed by atoms with E-state index in [4.69, 9.17) is 5.73 Å². The van der Waals surface area contributed by atoms with Crippen molar-refractivity contribution in [3.05, 3.63) is 28.2 Å². The van der Waals surface area contributed by atoms with Crippen LogP contribution in [0.1, 0.15) is 12.5 Å². The van der Waals surface area contributed by atoms with Gasteiger partial charge in [-0.2, -0.15) is 13.2 Å². The van der Waals surface area contributed by atoms with E-state index in [1.165, 1.54) is 19.1 Å². The van der Waals surface area contributed by atoms with E-state index in [-0.39, 0.29) is 22.6 Å². The Morgan fingerprint density at radius 1 is 1.44 bits per heavy atom. The van der Waals surface area contributed by atoms with E-state index >= 15 is 0 Å². The third-order valence-corrected chi connectivity index (χ3v) is 2.64. The number of rotatable bonds is 2. The molecular weight excluding hydrogens is 336 g/mol. The Kier molecular flexibility index (Phi) is 6.12. The molecule has 1 aromatic rings. The molecule has 0 aliphatic rings. The van der Waals surface area contributed by atoms with Crippen LogP contribution >= 0.6 is 28.3 Å². The molecule has 3 N–H and O–H groups in total. The van der Waals surface area contributed by atoms with Crippen molar-refractivity contribution in [3.63, 3.8) is 0 Å². The van der Waals surface area contributed by atoms with Gasteiger partial charge in [0.05, 0.1) is 11.6 Å². The van der Waals surface area contributed by atoms with Gasteiger partial charge in [0.1, 0.15) is 0 Å². The maximum Gasteiger partial charge on any atom is 0.417 e. The molecule has 0 aliphatic carbocycles. The van der Waals surface area contributed by atoms with Crippen LogP contribution in [0.15, 0.2) is 22.7 Å². The number of anilines is 1. The number of nitrogens with two attached hydrogens (primary N) is 1. The minimum Gasteiger partial charge on any atom is -0.325 e. The highest BCUT2D eigenvalue weighted by Gasteiger charge is 2.33. The van der Waals surface area contributed by atoms with Crippen molar-refractivity contribution in [1.29, 1.82) is 0 Å². The second-order valence-corrected chi connectivity index (χ2v) is 4.32. The topological polar surface area (TPSA) is 55.1 Å². The van der Waals surface area contributed by atoms with Crippen molar-refractivity contribution in [3.8, 4) is 0 Å². The van der Waals surface area contributed by atoms with Gasteiger partial charge in [-0.3, -0.25) is 4.79 Å². The molecule has 0 fully saturated rings. The van der Waals surface area contributed by atoms with Gasteiger partial charge in [0.25, 0.3) is 0 Å². The summed E-state index contributed by atoms with van der Waals surface area (Å²) < 4.78 is 37.6. The third-order valence-electron chi connectivity index (χ3n) is 1.95. The van der Waals surface area contributed by atoms with Gasteiger partial charge < -0.3 is 11.1 Å². The van der Waals surface area contributed by atoms with Crippen LogP contribution in [0.25, 0.3) is 0 Å². The molecule has 0 saturated heterocycles. The van der Waals surface area contributed by atoms with Crippen LogP contribution in [0.3, 0.4) is 0 Å². The second-order valence-electron chi connectivity index (χ2n) is 3.47. The highest BCUT2D eigenvalue weighted by atomic mass is 79.9. The van der Waals surface area contributed by atoms with E-state index in [0.717, 1.165) is 6.07 Å². The van der Waals surface area contributed by atoms with Crippen molar-refractivity contribution in [2.24, 2.45) is 5.73 Å². The number of carbonyl (C=O) groups is 1. The Morgan fingerprint density at radius 2 is 2.00 bits per heavy atom. The number of halogens is 5. The summed E-state index contributed by atoms with van der Waals surface area (Å²) in [6.45, 7) is 1.44. The SMILES string of the molecule is C[C@H](N)C(=O)Nc1ccc(Br)c(C(F)(F)F)c1.Cl. The highest BCUT2D eigenvalue weighted by molar-refractivity contribution is 9.10. The predicted octanol–water partition coefficient (Wildman–Crippen LogP) is 3.18. The number of alkyl halides is 3. The molecule has 0 aromatic heterocycles. The van der Waals surface area contributed by atoms with Crippen LogP contribution < -0.4 is 11.1 Å². The maximum absolute atomic E-state index is 12.6. The molecule has 1 amide bonds. The van der Waals surface area contributed by atoms with Crippen molar-refractivity contribution in [1.82, 2.24) is 0 Å². The van der Waals surface area contributed by atoms with Gasteiger partial charge in [-0.15, -0.1) is 12.4 Å². The lowest BCUT2D eigenvalue weighted by Gasteiger charge is -2.12. The molecule has 0 unspecified atom stereocenters. The largest absolute Gasteiger partial charge is 0.417 e. The summed E-state index contributed by atoms with van der Waals surface area (Å²) >= 11 is 2.80. The van der Waals surface area contributed by atoms with E-state index in [1.54, 1.807) is 0 Å². The first-order valence-corrected chi connectivity index (χ1v) is 5.44. The lowest BCUT2D eigenvalue weighted by Crippen LogP contribution is -2.32. The van der Waals surface area contributed by atoms with Gasteiger partial charge in [-0.05, 0) is 25.1 Å². The summed E-state index contributed by atoms with van der Waals surface area (Å²) in [7, 11) is 0. The Hall–Kier alpha value is -0.790. The molecule has 0 bridgehead atoms. The van der Waals surface area contributed by atoms with Crippen molar-refractivity contribution >= 4 is 39.9 Å². The summed E-state index contributed by atoms with van der Waals surface area (Å²) in [6.07, 6.45) is -4.48. The van der Waals surface area contributed by atoms with Gasteiger partial charge in [-0.1, -0.05) is 15.9 Å². The average Bonchev–Trinajstić information content (AvgIpc) is 2.19. The van der Waals surface area contributed by atoms with E-state index in [1.807, 2.05) is 0 Å². The quantitative estimate of drug-likeness (QED) is 0.863. The van der Waals surface area contributed by atoms with Crippen LogP contribution in [-0.4, -0.2) is 11.9 Å². The predicted molar refractivity (Wildman–Crippen MR) is 68.7 cm³/mol. The summed E-state index contributed by atoms with van der Waals surface area (Å²) in [6, 6.07) is 2.65. The number of hydrogen-bond acceptors (Lipinski definition) is 2. The lowest BCUT2D eigenvalue weighted by molar-refractivity contribution is -0.138. The molecule has 102 valence electrons. The molecule has 1 atom stereocenters. The highest BCUT2D eigenvalue weighted by Crippen LogP contribution is 2.36. The molecule has 18 heavy (non-hydrogen) atoms. The molecule has 0 spiro atoms. The van der Waals surface area contributed by atoms with Crippen molar-refractivity contribution in [2.45, 2.75) is 19.1 Å². The fraction of sp³-hybridized carbons (Fsp3) is 0.300. The van der Waals surface area contributed by atoms with E-state index in [9.17, 15) is 18.0 Å². The molecular formula is C10H11BrClF3N2O. The van der Waals surface area contributed by atoms with Gasteiger partial charge in [0, 0.05) is 10.2 Å². The number of hydrogen-bond donors (Lipinski definition) is 2. The normalized spacial score (nSPS) is 12.6. The summed E-state index contributed by atoms with van der Waals surface area (Å²) in [4.78, 5) is 11.2. The Labute approximate surface area is 116 Å². The first kappa shape index (κ1) is 17.2. The van der Waals surface area contributed by atoms with Crippen LogP contribution in [0.4, 0.5) is 18.9 Å². The third kappa shape index (κ3) is 4.47. The zero-order valence-corrected chi connectivity index (χ0v) is 11.6. The van der Waals surface area contributed by atoms with Gasteiger partial charge >= 0.3 is 6.18 Å². The van der Waals surface area contributed by atoms with E-state index < -0.39 is 23.7 Å². The first-order valence-electron chi connectivity index (χ1n) is 4.65. The molecule has 3 nitrogen and oxygen atoms in total. The number of carbonyl (C=O) groups excluding carboxylic acids is 1. The standard InChI is InChI=1S/C10H10BrF3N2O.ClH/c1-5(15)9(17)16-6-2-3-8(11)7(4-6)10(12,13)14;/h2-5H,15H2,1H3,(H,16,17);1H/t5-;/m0./s1. The molecule has 0 saturated carbocycles. The van der Waals surface area contributed by atoms with Crippen molar-refractivity contribution < 1.29 is 18.0 Å². The zero-order valence-electron chi connectivity index (χ0n) is 9.22. The number of amides is 1. The Morgan fingerprint density at radius 3 is 2.44 bits per heavy atom. The smallest absolute Gasteiger partial charge is 0.325 e. The number of benzene rings is 1. The molecule has 0 radical (unpaired) electrons. The fourth-order valence-corrected chi connectivity index (χ4v) is 1.55. The van der Waals surface area contributed by atoms with Crippen LogP contribution in [0, 0.1) is 0 Å². The summed E-state index contributed by atoms with van der Waals surface area (Å²) in [5.41, 5.74) is 4.50. The Bertz CT molecular complexity index is 438. The van der Waals surface area contributed by atoms with Crippen LogP contribution in [0.5, 0.6) is 0 Å². The minimum atomic E-state index is -4.48. The maximum atomic E-state index is 12.6. The summed E-state index contributed by atoms with van der Waals surface area (Å²) in [5.74, 6) is -0.541. The fourth-order valence-electron chi connectivity index (χ4n) is 1.08. The monoisotopic (exact) mass is 346 g/mol. The first-order chi connectivity index (χ1) is 7.71. The average molecular weight is 348 g/mol. The van der Waals surface area contributed by atoms with Crippen molar-refractivity contribution in [2.75, 3.05) is 5.32 Å². The number of nitrogens with one attached hydrogen (secondary N) is 1. The molecule has 8 heteroatoms. The molecule has 1 rings (SSSR count). The van der Waals surface area contributed by atoms with Crippen LogP contribution in [0.2, 0.25) is 0 Å². The molecule has 0 heterocycles. The lowest BCUT2D eigenvalue weighted by atomic mass is 10.2. The summed E-state index contributed by atoms with van der Waals surface area (Å²) in [5, 5.41) is 2.30. The Balaban J connectivity index is 0.00000289. The van der Waals surface area contributed by atoms with Gasteiger partial charge in [-0.25, -0.2) is 0 Å². The van der Waals surface area contributed by atoms with Gasteiger partial charge in [0.15, 0.2) is 0 Å². The molecule has 0 aliphatic heterocycles. The zero-order chi connectivity index (χ0) is 13.2. The minimum absolute atomic E-state index is 0. The van der Waals surface area contributed by atoms with Gasteiger partial charge in [0.2, 0.25) is 5.91 Å². The second kappa shape index (κ2) is 6.40. The van der Waals surface area contributed by atoms with E-state index in [0.29, 0.717) is 0 Å². The molecule has 1 aromatic carbocycles. The van der Waals surface area contributed by atoms with E-state index in [2.05, 4.69) is 21.2 Å². The van der Waals surface area contributed by atoms with Crippen LogP contribution in [-0.2, 0) is 11.0 Å².